The zero-order valence-corrected chi connectivity index (χ0v) is 15.6. The van der Waals surface area contributed by atoms with E-state index in [0.29, 0.717) is 12.6 Å². The molecule has 1 aromatic carbocycles. The van der Waals surface area contributed by atoms with E-state index in [1.165, 1.54) is 24.9 Å². The minimum absolute atomic E-state index is 0. The molecule has 0 radical (unpaired) electrons. The lowest BCUT2D eigenvalue weighted by Gasteiger charge is -2.32. The molecule has 4 nitrogen and oxygen atoms in total. The molecule has 1 aliphatic heterocycles. The van der Waals surface area contributed by atoms with Gasteiger partial charge in [0.05, 0.1) is 6.54 Å². The Hall–Kier alpha value is -1.10. The number of anilines is 1. The van der Waals surface area contributed by atoms with Crippen molar-refractivity contribution in [2.45, 2.75) is 45.6 Å². The van der Waals surface area contributed by atoms with E-state index in [0.717, 1.165) is 43.1 Å². The molecule has 1 heterocycles. The van der Waals surface area contributed by atoms with E-state index in [4.69, 9.17) is 0 Å². The minimum Gasteiger partial charge on any atom is -0.325 e. The van der Waals surface area contributed by atoms with Crippen molar-refractivity contribution in [2.75, 3.05) is 31.5 Å². The Morgan fingerprint density at radius 2 is 1.88 bits per heavy atom. The summed E-state index contributed by atoms with van der Waals surface area (Å²) in [6, 6.07) is 6.79. The molecule has 0 bridgehead atoms. The van der Waals surface area contributed by atoms with Gasteiger partial charge in [-0.15, -0.1) is 12.4 Å². The molecule has 1 saturated heterocycles. The number of amides is 1. The van der Waals surface area contributed by atoms with Crippen LogP contribution in [-0.4, -0.2) is 43.0 Å². The van der Waals surface area contributed by atoms with Crippen LogP contribution in [0.1, 0.15) is 36.8 Å². The molecule has 2 aliphatic rings. The van der Waals surface area contributed by atoms with Gasteiger partial charge in [-0.25, -0.2) is 0 Å². The molecule has 1 saturated carbocycles. The Kier molecular flexibility index (Phi) is 7.08. The first-order chi connectivity index (χ1) is 11.1. The quantitative estimate of drug-likeness (QED) is 0.827. The van der Waals surface area contributed by atoms with E-state index in [9.17, 15) is 4.79 Å². The van der Waals surface area contributed by atoms with Crippen LogP contribution in [0.3, 0.4) is 0 Å². The lowest BCUT2D eigenvalue weighted by Crippen LogP contribution is -2.45. The van der Waals surface area contributed by atoms with Gasteiger partial charge in [-0.05, 0) is 63.6 Å². The van der Waals surface area contributed by atoms with Crippen molar-refractivity contribution in [1.82, 2.24) is 10.2 Å². The minimum atomic E-state index is 0. The number of halogens is 1. The maximum atomic E-state index is 12.3. The fourth-order valence-corrected chi connectivity index (χ4v) is 3.30. The van der Waals surface area contributed by atoms with Gasteiger partial charge in [-0.2, -0.15) is 0 Å². The van der Waals surface area contributed by atoms with E-state index >= 15 is 0 Å². The van der Waals surface area contributed by atoms with Crippen LogP contribution in [0, 0.1) is 19.8 Å². The third kappa shape index (κ3) is 5.76. The molecule has 1 aromatic rings. The Balaban J connectivity index is 0.00000208. The van der Waals surface area contributed by atoms with Gasteiger partial charge in [-0.3, -0.25) is 9.69 Å². The first kappa shape index (κ1) is 19.2. The summed E-state index contributed by atoms with van der Waals surface area (Å²) in [6.45, 7) is 7.84. The highest BCUT2D eigenvalue weighted by Gasteiger charge is 2.25. The fourth-order valence-electron chi connectivity index (χ4n) is 3.30. The Morgan fingerprint density at radius 1 is 1.17 bits per heavy atom. The van der Waals surface area contributed by atoms with Crippen LogP contribution < -0.4 is 10.6 Å². The average Bonchev–Trinajstić information content (AvgIpc) is 3.34. The first-order valence-corrected chi connectivity index (χ1v) is 8.93. The first-order valence-electron chi connectivity index (χ1n) is 8.93. The van der Waals surface area contributed by atoms with Crippen molar-refractivity contribution in [3.63, 3.8) is 0 Å². The zero-order valence-electron chi connectivity index (χ0n) is 14.8. The normalized spacial score (nSPS) is 18.9. The summed E-state index contributed by atoms with van der Waals surface area (Å²) in [5, 5.41) is 6.73. The van der Waals surface area contributed by atoms with Crippen LogP contribution in [0.5, 0.6) is 0 Å². The molecule has 0 unspecified atom stereocenters. The third-order valence-electron chi connectivity index (χ3n) is 5.00. The van der Waals surface area contributed by atoms with Gasteiger partial charge in [0, 0.05) is 24.8 Å². The van der Waals surface area contributed by atoms with Crippen molar-refractivity contribution < 1.29 is 4.79 Å². The smallest absolute Gasteiger partial charge is 0.238 e. The number of benzene rings is 1. The number of likely N-dealkylation sites (tertiary alicyclic amines) is 1. The molecule has 0 aromatic heterocycles. The van der Waals surface area contributed by atoms with E-state index < -0.39 is 0 Å². The molecule has 3 rings (SSSR count). The fraction of sp³-hybridized carbons (Fsp3) is 0.632. The van der Waals surface area contributed by atoms with E-state index in [1.807, 2.05) is 19.1 Å². The highest BCUT2D eigenvalue weighted by atomic mass is 35.5. The zero-order chi connectivity index (χ0) is 16.2. The van der Waals surface area contributed by atoms with Crippen LogP contribution in [0.15, 0.2) is 18.2 Å². The number of nitrogens with one attached hydrogen (secondary N) is 2. The number of carbonyl (C=O) groups is 1. The number of aryl methyl sites for hydroxylation is 2. The maximum Gasteiger partial charge on any atom is 0.238 e. The summed E-state index contributed by atoms with van der Waals surface area (Å²) >= 11 is 0. The highest BCUT2D eigenvalue weighted by Crippen LogP contribution is 2.28. The Morgan fingerprint density at radius 3 is 2.50 bits per heavy atom. The standard InChI is InChI=1S/C19H29N3O.ClH/c1-14-3-6-18(15(2)11-14)21-19(23)13-22-9-7-17(8-10-22)20-12-16-4-5-16;/h3,6,11,16-17,20H,4-5,7-10,12-13H2,1-2H3,(H,21,23);1H. The number of nitrogens with zero attached hydrogens (tertiary/aromatic N) is 1. The molecule has 0 spiro atoms. The van der Waals surface area contributed by atoms with Crippen LogP contribution in [0.2, 0.25) is 0 Å². The molecule has 24 heavy (non-hydrogen) atoms. The lowest BCUT2D eigenvalue weighted by atomic mass is 10.0. The second-order valence-electron chi connectivity index (χ2n) is 7.27. The number of hydrogen-bond donors (Lipinski definition) is 2. The van der Waals surface area contributed by atoms with Crippen molar-refractivity contribution in [3.05, 3.63) is 29.3 Å². The average molecular weight is 352 g/mol. The van der Waals surface area contributed by atoms with Gasteiger partial charge < -0.3 is 10.6 Å². The molecule has 0 atom stereocenters. The van der Waals surface area contributed by atoms with Crippen molar-refractivity contribution >= 4 is 24.0 Å². The number of piperidine rings is 1. The second kappa shape index (κ2) is 8.84. The van der Waals surface area contributed by atoms with Gasteiger partial charge >= 0.3 is 0 Å². The van der Waals surface area contributed by atoms with Crippen LogP contribution in [-0.2, 0) is 4.79 Å². The van der Waals surface area contributed by atoms with Gasteiger partial charge in [0.1, 0.15) is 0 Å². The predicted molar refractivity (Wildman–Crippen MR) is 102 cm³/mol. The Labute approximate surface area is 151 Å². The SMILES string of the molecule is Cc1ccc(NC(=O)CN2CCC(NCC3CC3)CC2)c(C)c1.Cl. The highest BCUT2D eigenvalue weighted by molar-refractivity contribution is 5.93. The molecular formula is C19H30ClN3O. The summed E-state index contributed by atoms with van der Waals surface area (Å²) in [5.41, 5.74) is 3.28. The second-order valence-corrected chi connectivity index (χ2v) is 7.27. The molecule has 1 aliphatic carbocycles. The van der Waals surface area contributed by atoms with Crippen molar-refractivity contribution in [2.24, 2.45) is 5.92 Å². The summed E-state index contributed by atoms with van der Waals surface area (Å²) < 4.78 is 0. The van der Waals surface area contributed by atoms with Gasteiger partial charge in [0.15, 0.2) is 0 Å². The monoisotopic (exact) mass is 351 g/mol. The van der Waals surface area contributed by atoms with Crippen molar-refractivity contribution in [3.8, 4) is 0 Å². The summed E-state index contributed by atoms with van der Waals surface area (Å²) in [5.74, 6) is 1.04. The van der Waals surface area contributed by atoms with Crippen LogP contribution in [0.25, 0.3) is 0 Å². The number of carbonyl (C=O) groups excluding carboxylic acids is 1. The van der Waals surface area contributed by atoms with Gasteiger partial charge in [0.2, 0.25) is 5.91 Å². The topological polar surface area (TPSA) is 44.4 Å². The third-order valence-corrected chi connectivity index (χ3v) is 5.00. The Bertz CT molecular complexity index is 552. The summed E-state index contributed by atoms with van der Waals surface area (Å²) in [7, 11) is 0. The van der Waals surface area contributed by atoms with Gasteiger partial charge in [0.25, 0.3) is 0 Å². The molecular weight excluding hydrogens is 322 g/mol. The molecule has 2 fully saturated rings. The number of rotatable bonds is 6. The summed E-state index contributed by atoms with van der Waals surface area (Å²) in [6.07, 6.45) is 5.13. The molecule has 1 amide bonds. The van der Waals surface area contributed by atoms with E-state index in [2.05, 4.69) is 28.5 Å². The molecule has 134 valence electrons. The van der Waals surface area contributed by atoms with E-state index in [-0.39, 0.29) is 18.3 Å². The maximum absolute atomic E-state index is 12.3. The number of hydrogen-bond acceptors (Lipinski definition) is 3. The molecule has 5 heteroatoms. The van der Waals surface area contributed by atoms with E-state index in [1.54, 1.807) is 0 Å². The molecule has 2 N–H and O–H groups in total. The largest absolute Gasteiger partial charge is 0.325 e. The lowest BCUT2D eigenvalue weighted by molar-refractivity contribution is -0.117. The summed E-state index contributed by atoms with van der Waals surface area (Å²) in [4.78, 5) is 14.5. The van der Waals surface area contributed by atoms with Gasteiger partial charge in [-0.1, -0.05) is 17.7 Å². The predicted octanol–water partition coefficient (Wildman–Crippen LogP) is 3.13. The van der Waals surface area contributed by atoms with Crippen LogP contribution in [0.4, 0.5) is 5.69 Å². The van der Waals surface area contributed by atoms with Crippen LogP contribution >= 0.6 is 12.4 Å². The van der Waals surface area contributed by atoms with Crippen molar-refractivity contribution in [1.29, 1.82) is 0 Å².